The minimum absolute atomic E-state index is 0.0477. The second-order valence-electron chi connectivity index (χ2n) is 4.25. The first kappa shape index (κ1) is 13.4. The van der Waals surface area contributed by atoms with Gasteiger partial charge in [0.05, 0.1) is 6.10 Å². The van der Waals surface area contributed by atoms with Crippen LogP contribution < -0.4 is 5.32 Å². The Bertz CT molecular complexity index is 169. The molecule has 14 heavy (non-hydrogen) atoms. The van der Waals surface area contributed by atoms with Gasteiger partial charge in [-0.05, 0) is 12.3 Å². The molecule has 0 aliphatic heterocycles. The van der Waals surface area contributed by atoms with Crippen LogP contribution in [0.5, 0.6) is 0 Å². The van der Waals surface area contributed by atoms with Gasteiger partial charge >= 0.3 is 0 Å². The molecule has 0 saturated heterocycles. The van der Waals surface area contributed by atoms with Crippen molar-refractivity contribution in [3.05, 3.63) is 0 Å². The zero-order valence-electron chi connectivity index (χ0n) is 9.71. The van der Waals surface area contributed by atoms with Gasteiger partial charge in [0, 0.05) is 12.5 Å². The van der Waals surface area contributed by atoms with Crippen molar-refractivity contribution in [3.63, 3.8) is 0 Å². The molecular formula is C11H23NO2. The van der Waals surface area contributed by atoms with Gasteiger partial charge in [0.1, 0.15) is 0 Å². The Morgan fingerprint density at radius 3 is 2.36 bits per heavy atom. The van der Waals surface area contributed by atoms with E-state index in [0.717, 1.165) is 12.8 Å². The van der Waals surface area contributed by atoms with Crippen molar-refractivity contribution in [2.45, 2.75) is 46.6 Å². The SMILES string of the molecule is CCCC(C)C(=O)NCC(O)C(C)C. The van der Waals surface area contributed by atoms with E-state index in [1.165, 1.54) is 0 Å². The van der Waals surface area contributed by atoms with E-state index >= 15 is 0 Å². The lowest BCUT2D eigenvalue weighted by Gasteiger charge is -2.17. The van der Waals surface area contributed by atoms with Crippen LogP contribution in [0, 0.1) is 11.8 Å². The lowest BCUT2D eigenvalue weighted by molar-refractivity contribution is -0.125. The van der Waals surface area contributed by atoms with Gasteiger partial charge in [-0.3, -0.25) is 4.79 Å². The van der Waals surface area contributed by atoms with Gasteiger partial charge < -0.3 is 10.4 Å². The van der Waals surface area contributed by atoms with Crippen LogP contribution in [0.2, 0.25) is 0 Å². The second-order valence-corrected chi connectivity index (χ2v) is 4.25. The van der Waals surface area contributed by atoms with Crippen molar-refractivity contribution in [2.75, 3.05) is 6.54 Å². The molecule has 2 atom stereocenters. The molecule has 0 aliphatic rings. The molecule has 0 fully saturated rings. The first-order chi connectivity index (χ1) is 6.49. The average Bonchev–Trinajstić information content (AvgIpc) is 2.13. The molecule has 0 saturated carbocycles. The van der Waals surface area contributed by atoms with Gasteiger partial charge in [-0.15, -0.1) is 0 Å². The van der Waals surface area contributed by atoms with Gasteiger partial charge in [-0.1, -0.05) is 34.1 Å². The fraction of sp³-hybridized carbons (Fsp3) is 0.909. The van der Waals surface area contributed by atoms with Crippen LogP contribution >= 0.6 is 0 Å². The van der Waals surface area contributed by atoms with Gasteiger partial charge in [0.15, 0.2) is 0 Å². The summed E-state index contributed by atoms with van der Waals surface area (Å²) in [7, 11) is 0. The quantitative estimate of drug-likeness (QED) is 0.685. The molecule has 0 aromatic rings. The lowest BCUT2D eigenvalue weighted by atomic mass is 10.0. The van der Waals surface area contributed by atoms with Crippen LogP contribution in [0.25, 0.3) is 0 Å². The molecule has 0 heterocycles. The summed E-state index contributed by atoms with van der Waals surface area (Å²) in [6, 6.07) is 0. The molecule has 2 N–H and O–H groups in total. The van der Waals surface area contributed by atoms with Crippen molar-refractivity contribution in [2.24, 2.45) is 11.8 Å². The third-order valence-corrected chi connectivity index (χ3v) is 2.42. The molecule has 0 bridgehead atoms. The Balaban J connectivity index is 3.73. The normalized spacial score (nSPS) is 15.3. The topological polar surface area (TPSA) is 49.3 Å². The zero-order valence-corrected chi connectivity index (χ0v) is 9.71. The van der Waals surface area contributed by atoms with Gasteiger partial charge in [0.25, 0.3) is 0 Å². The van der Waals surface area contributed by atoms with E-state index < -0.39 is 6.10 Å². The smallest absolute Gasteiger partial charge is 0.222 e. The molecule has 2 unspecified atom stereocenters. The predicted molar refractivity (Wildman–Crippen MR) is 57.9 cm³/mol. The number of carbonyl (C=O) groups is 1. The standard InChI is InChI=1S/C11H23NO2/c1-5-6-9(4)11(14)12-7-10(13)8(2)3/h8-10,13H,5-7H2,1-4H3,(H,12,14). The second kappa shape index (κ2) is 6.82. The number of nitrogens with one attached hydrogen (secondary N) is 1. The van der Waals surface area contributed by atoms with E-state index in [9.17, 15) is 9.90 Å². The van der Waals surface area contributed by atoms with Crippen molar-refractivity contribution in [3.8, 4) is 0 Å². The van der Waals surface area contributed by atoms with E-state index in [1.54, 1.807) is 0 Å². The number of amides is 1. The van der Waals surface area contributed by atoms with Crippen LogP contribution in [-0.4, -0.2) is 23.7 Å². The Kier molecular flexibility index (Phi) is 6.54. The fourth-order valence-corrected chi connectivity index (χ4v) is 1.18. The van der Waals surface area contributed by atoms with Gasteiger partial charge in [-0.25, -0.2) is 0 Å². The molecule has 3 heteroatoms. The summed E-state index contributed by atoms with van der Waals surface area (Å²) in [5.41, 5.74) is 0. The van der Waals surface area contributed by atoms with E-state index in [0.29, 0.717) is 6.54 Å². The molecule has 0 radical (unpaired) electrons. The highest BCUT2D eigenvalue weighted by molar-refractivity contribution is 5.78. The third kappa shape index (κ3) is 5.22. The van der Waals surface area contributed by atoms with Crippen molar-refractivity contribution in [1.29, 1.82) is 0 Å². The average molecular weight is 201 g/mol. The minimum Gasteiger partial charge on any atom is -0.391 e. The summed E-state index contributed by atoms with van der Waals surface area (Å²) in [5, 5.41) is 12.2. The summed E-state index contributed by atoms with van der Waals surface area (Å²) >= 11 is 0. The van der Waals surface area contributed by atoms with Crippen LogP contribution in [0.3, 0.4) is 0 Å². The van der Waals surface area contributed by atoms with Crippen LogP contribution in [0.1, 0.15) is 40.5 Å². The largest absolute Gasteiger partial charge is 0.391 e. The van der Waals surface area contributed by atoms with Crippen molar-refractivity contribution < 1.29 is 9.90 Å². The molecule has 0 aromatic carbocycles. The van der Waals surface area contributed by atoms with Gasteiger partial charge in [0.2, 0.25) is 5.91 Å². The molecule has 84 valence electrons. The number of aliphatic hydroxyl groups excluding tert-OH is 1. The van der Waals surface area contributed by atoms with E-state index in [1.807, 2.05) is 20.8 Å². The number of aliphatic hydroxyl groups is 1. The summed E-state index contributed by atoms with van der Waals surface area (Å²) in [5.74, 6) is 0.294. The summed E-state index contributed by atoms with van der Waals surface area (Å²) in [4.78, 5) is 11.4. The molecule has 1 amide bonds. The summed E-state index contributed by atoms with van der Waals surface area (Å²) in [6.07, 6.45) is 1.48. The first-order valence-corrected chi connectivity index (χ1v) is 5.44. The van der Waals surface area contributed by atoms with E-state index in [-0.39, 0.29) is 17.7 Å². The van der Waals surface area contributed by atoms with Crippen molar-refractivity contribution in [1.82, 2.24) is 5.32 Å². The third-order valence-electron chi connectivity index (χ3n) is 2.42. The molecule has 3 nitrogen and oxygen atoms in total. The molecule has 0 aliphatic carbocycles. The molecule has 0 aromatic heterocycles. The number of rotatable bonds is 6. The fourth-order valence-electron chi connectivity index (χ4n) is 1.18. The van der Waals surface area contributed by atoms with Gasteiger partial charge in [-0.2, -0.15) is 0 Å². The number of hydrogen-bond donors (Lipinski definition) is 2. The van der Waals surface area contributed by atoms with Crippen LogP contribution in [0.4, 0.5) is 0 Å². The first-order valence-electron chi connectivity index (χ1n) is 5.44. The summed E-state index contributed by atoms with van der Waals surface area (Å²) < 4.78 is 0. The molecule has 0 spiro atoms. The maximum Gasteiger partial charge on any atom is 0.222 e. The van der Waals surface area contributed by atoms with Crippen molar-refractivity contribution >= 4 is 5.91 Å². The number of hydrogen-bond acceptors (Lipinski definition) is 2. The molecule has 0 rings (SSSR count). The van der Waals surface area contributed by atoms with Crippen LogP contribution in [-0.2, 0) is 4.79 Å². The van der Waals surface area contributed by atoms with Crippen LogP contribution in [0.15, 0.2) is 0 Å². The lowest BCUT2D eigenvalue weighted by Crippen LogP contribution is -2.37. The van der Waals surface area contributed by atoms with E-state index in [4.69, 9.17) is 0 Å². The monoisotopic (exact) mass is 201 g/mol. The summed E-state index contributed by atoms with van der Waals surface area (Å²) in [6.45, 7) is 8.22. The number of carbonyl (C=O) groups excluding carboxylic acids is 1. The highest BCUT2D eigenvalue weighted by atomic mass is 16.3. The predicted octanol–water partition coefficient (Wildman–Crippen LogP) is 1.56. The minimum atomic E-state index is -0.437. The maximum absolute atomic E-state index is 11.4. The Hall–Kier alpha value is -0.570. The molecular weight excluding hydrogens is 178 g/mol. The highest BCUT2D eigenvalue weighted by Gasteiger charge is 2.14. The Morgan fingerprint density at radius 2 is 1.93 bits per heavy atom. The van der Waals surface area contributed by atoms with E-state index in [2.05, 4.69) is 12.2 Å². The highest BCUT2D eigenvalue weighted by Crippen LogP contribution is 2.05. The maximum atomic E-state index is 11.4. The Morgan fingerprint density at radius 1 is 1.36 bits per heavy atom. The Labute approximate surface area is 86.9 Å². The zero-order chi connectivity index (χ0) is 11.1.